The Morgan fingerprint density at radius 1 is 1.41 bits per heavy atom. The largest absolute Gasteiger partial charge is 0.353 e. The molecular formula is C16H19ClN2O2S. The summed E-state index contributed by atoms with van der Waals surface area (Å²) < 4.78 is 0. The van der Waals surface area contributed by atoms with E-state index in [1.807, 2.05) is 31.2 Å². The highest BCUT2D eigenvalue weighted by atomic mass is 35.5. The highest BCUT2D eigenvalue weighted by Crippen LogP contribution is 2.44. The maximum absolute atomic E-state index is 12.4. The zero-order chi connectivity index (χ0) is 15.7. The van der Waals surface area contributed by atoms with Gasteiger partial charge in [0.05, 0.1) is 5.25 Å². The molecule has 1 saturated carbocycles. The van der Waals surface area contributed by atoms with Crippen LogP contribution in [-0.2, 0) is 9.59 Å². The number of nitrogens with one attached hydrogen (secondary N) is 1. The third-order valence-electron chi connectivity index (χ3n) is 3.94. The Morgan fingerprint density at radius 2 is 2.14 bits per heavy atom. The molecule has 0 spiro atoms. The SMILES string of the molecule is C[C@@H]1S[C@H](c2ccccc2Cl)N(CCC(=O)NC2CC2)C1=O. The van der Waals surface area contributed by atoms with Gasteiger partial charge in [-0.05, 0) is 25.8 Å². The second-order valence-corrected chi connectivity index (χ2v) is 7.61. The van der Waals surface area contributed by atoms with Crippen LogP contribution in [0.15, 0.2) is 24.3 Å². The third kappa shape index (κ3) is 3.41. The normalized spacial score (nSPS) is 24.6. The van der Waals surface area contributed by atoms with E-state index < -0.39 is 0 Å². The van der Waals surface area contributed by atoms with E-state index in [4.69, 9.17) is 11.6 Å². The number of carbonyl (C=O) groups is 2. The lowest BCUT2D eigenvalue weighted by atomic mass is 10.2. The Morgan fingerprint density at radius 3 is 2.82 bits per heavy atom. The summed E-state index contributed by atoms with van der Waals surface area (Å²) in [6.07, 6.45) is 2.49. The maximum Gasteiger partial charge on any atom is 0.236 e. The van der Waals surface area contributed by atoms with Crippen LogP contribution >= 0.6 is 23.4 Å². The summed E-state index contributed by atoms with van der Waals surface area (Å²) >= 11 is 7.86. The van der Waals surface area contributed by atoms with E-state index in [9.17, 15) is 9.59 Å². The average molecular weight is 339 g/mol. The van der Waals surface area contributed by atoms with E-state index in [2.05, 4.69) is 5.32 Å². The van der Waals surface area contributed by atoms with Crippen molar-refractivity contribution >= 4 is 35.2 Å². The minimum absolute atomic E-state index is 0.0257. The van der Waals surface area contributed by atoms with Crippen molar-refractivity contribution in [2.75, 3.05) is 6.54 Å². The fourth-order valence-corrected chi connectivity index (χ4v) is 4.22. The van der Waals surface area contributed by atoms with Crippen LogP contribution in [0.25, 0.3) is 0 Å². The summed E-state index contributed by atoms with van der Waals surface area (Å²) in [5, 5.41) is 3.41. The molecule has 2 fully saturated rings. The first-order valence-electron chi connectivity index (χ1n) is 7.56. The predicted octanol–water partition coefficient (Wildman–Crippen LogP) is 2.97. The van der Waals surface area contributed by atoms with Gasteiger partial charge < -0.3 is 10.2 Å². The summed E-state index contributed by atoms with van der Waals surface area (Å²) in [5.41, 5.74) is 0.939. The van der Waals surface area contributed by atoms with Crippen LogP contribution in [0.3, 0.4) is 0 Å². The first kappa shape index (κ1) is 15.7. The Labute approximate surface area is 139 Å². The first-order chi connectivity index (χ1) is 10.6. The van der Waals surface area contributed by atoms with Crippen molar-refractivity contribution in [3.63, 3.8) is 0 Å². The number of hydrogen-bond donors (Lipinski definition) is 1. The van der Waals surface area contributed by atoms with Crippen molar-refractivity contribution in [3.8, 4) is 0 Å². The van der Waals surface area contributed by atoms with Gasteiger partial charge >= 0.3 is 0 Å². The molecule has 0 aromatic heterocycles. The molecule has 0 unspecified atom stereocenters. The van der Waals surface area contributed by atoms with Crippen molar-refractivity contribution in [3.05, 3.63) is 34.9 Å². The Hall–Kier alpha value is -1.20. The molecule has 2 atom stereocenters. The van der Waals surface area contributed by atoms with Crippen molar-refractivity contribution < 1.29 is 9.59 Å². The molecule has 1 aliphatic carbocycles. The molecule has 2 amide bonds. The zero-order valence-corrected chi connectivity index (χ0v) is 14.0. The Kier molecular flexibility index (Phi) is 4.64. The van der Waals surface area contributed by atoms with E-state index >= 15 is 0 Å². The minimum atomic E-state index is -0.107. The van der Waals surface area contributed by atoms with Gasteiger partial charge in [0, 0.05) is 29.6 Å². The average Bonchev–Trinajstić information content (AvgIpc) is 3.25. The second-order valence-electron chi connectivity index (χ2n) is 5.78. The topological polar surface area (TPSA) is 49.4 Å². The molecule has 4 nitrogen and oxygen atoms in total. The van der Waals surface area contributed by atoms with Crippen LogP contribution in [0, 0.1) is 0 Å². The molecule has 1 aliphatic heterocycles. The second kappa shape index (κ2) is 6.50. The van der Waals surface area contributed by atoms with Gasteiger partial charge in [0.15, 0.2) is 0 Å². The molecule has 0 radical (unpaired) electrons. The van der Waals surface area contributed by atoms with Crippen molar-refractivity contribution in [1.29, 1.82) is 0 Å². The standard InChI is InChI=1S/C16H19ClN2O2S/c1-10-15(21)19(9-8-14(20)18-11-6-7-11)16(22-10)12-4-2-3-5-13(12)17/h2-5,10-11,16H,6-9H2,1H3,(H,18,20)/t10-,16+/m0/s1. The van der Waals surface area contributed by atoms with Crippen LogP contribution in [0.1, 0.15) is 37.1 Å². The van der Waals surface area contributed by atoms with E-state index in [1.54, 1.807) is 16.7 Å². The molecule has 1 N–H and O–H groups in total. The predicted molar refractivity (Wildman–Crippen MR) is 88.7 cm³/mol. The number of benzene rings is 1. The molecule has 22 heavy (non-hydrogen) atoms. The summed E-state index contributed by atoms with van der Waals surface area (Å²) in [4.78, 5) is 26.0. The van der Waals surface area contributed by atoms with Gasteiger partial charge in [-0.25, -0.2) is 0 Å². The zero-order valence-electron chi connectivity index (χ0n) is 12.4. The van der Waals surface area contributed by atoms with Gasteiger partial charge in [-0.3, -0.25) is 9.59 Å². The first-order valence-corrected chi connectivity index (χ1v) is 8.88. The quantitative estimate of drug-likeness (QED) is 0.898. The van der Waals surface area contributed by atoms with Gasteiger partial charge in [-0.1, -0.05) is 29.8 Å². The number of hydrogen-bond acceptors (Lipinski definition) is 3. The van der Waals surface area contributed by atoms with Crippen LogP contribution in [0.2, 0.25) is 5.02 Å². The highest BCUT2D eigenvalue weighted by Gasteiger charge is 2.39. The molecule has 2 aliphatic rings. The van der Waals surface area contributed by atoms with Crippen molar-refractivity contribution in [2.24, 2.45) is 0 Å². The van der Waals surface area contributed by atoms with Crippen LogP contribution in [0.5, 0.6) is 0 Å². The number of halogens is 1. The molecule has 0 bridgehead atoms. The molecular weight excluding hydrogens is 320 g/mol. The molecule has 6 heteroatoms. The van der Waals surface area contributed by atoms with E-state index in [0.717, 1.165) is 18.4 Å². The van der Waals surface area contributed by atoms with Crippen LogP contribution < -0.4 is 5.32 Å². The Bertz CT molecular complexity index is 591. The summed E-state index contributed by atoms with van der Waals surface area (Å²) in [6, 6.07) is 7.94. The van der Waals surface area contributed by atoms with E-state index in [1.165, 1.54) is 0 Å². The number of thioether (sulfide) groups is 1. The smallest absolute Gasteiger partial charge is 0.236 e. The van der Waals surface area contributed by atoms with Gasteiger partial charge in [0.1, 0.15) is 5.37 Å². The van der Waals surface area contributed by atoms with Crippen LogP contribution in [-0.4, -0.2) is 34.6 Å². The monoisotopic (exact) mass is 338 g/mol. The van der Waals surface area contributed by atoms with Crippen LogP contribution in [0.4, 0.5) is 0 Å². The molecule has 1 aromatic rings. The summed E-state index contributed by atoms with van der Waals surface area (Å²) in [5.74, 6) is 0.104. The number of rotatable bonds is 5. The van der Waals surface area contributed by atoms with E-state index in [0.29, 0.717) is 24.0 Å². The minimum Gasteiger partial charge on any atom is -0.353 e. The van der Waals surface area contributed by atoms with Gasteiger partial charge in [-0.15, -0.1) is 11.8 Å². The third-order valence-corrected chi connectivity index (χ3v) is 5.66. The lowest BCUT2D eigenvalue weighted by Crippen LogP contribution is -2.35. The maximum atomic E-state index is 12.4. The lowest BCUT2D eigenvalue weighted by Gasteiger charge is -2.24. The molecule has 3 rings (SSSR count). The fourth-order valence-electron chi connectivity index (χ4n) is 2.57. The number of nitrogens with zero attached hydrogens (tertiary/aromatic N) is 1. The molecule has 1 aromatic carbocycles. The number of carbonyl (C=O) groups excluding carboxylic acids is 2. The van der Waals surface area contributed by atoms with Gasteiger partial charge in [0.25, 0.3) is 0 Å². The molecule has 118 valence electrons. The fraction of sp³-hybridized carbons (Fsp3) is 0.500. The van der Waals surface area contributed by atoms with Gasteiger partial charge in [0.2, 0.25) is 11.8 Å². The van der Waals surface area contributed by atoms with E-state index in [-0.39, 0.29) is 22.4 Å². The summed E-state index contributed by atoms with van der Waals surface area (Å²) in [6.45, 7) is 2.34. The van der Waals surface area contributed by atoms with Gasteiger partial charge in [-0.2, -0.15) is 0 Å². The van der Waals surface area contributed by atoms with Crippen molar-refractivity contribution in [2.45, 2.75) is 42.9 Å². The molecule has 1 saturated heterocycles. The molecule has 1 heterocycles. The number of amides is 2. The lowest BCUT2D eigenvalue weighted by molar-refractivity contribution is -0.130. The highest BCUT2D eigenvalue weighted by molar-refractivity contribution is 8.01. The summed E-state index contributed by atoms with van der Waals surface area (Å²) in [7, 11) is 0. The Balaban J connectivity index is 1.69. The van der Waals surface area contributed by atoms with Crippen molar-refractivity contribution in [1.82, 2.24) is 10.2 Å².